The van der Waals surface area contributed by atoms with Gasteiger partial charge >= 0.3 is 12.1 Å². The van der Waals surface area contributed by atoms with Gasteiger partial charge in [0.05, 0.1) is 6.54 Å². The van der Waals surface area contributed by atoms with Crippen LogP contribution in [-0.2, 0) is 24.0 Å². The van der Waals surface area contributed by atoms with E-state index in [0.29, 0.717) is 24.8 Å². The Hall–Kier alpha value is -2.86. The molecule has 0 aromatic carbocycles. The van der Waals surface area contributed by atoms with E-state index in [4.69, 9.17) is 5.73 Å². The number of carbonyl (C=O) groups is 5. The summed E-state index contributed by atoms with van der Waals surface area (Å²) in [6.45, 7) is 16.2. The molecule has 2 saturated heterocycles. The van der Waals surface area contributed by atoms with E-state index in [1.807, 2.05) is 6.92 Å². The van der Waals surface area contributed by atoms with Crippen LogP contribution in [0.15, 0.2) is 0 Å². The Labute approximate surface area is 235 Å². The van der Waals surface area contributed by atoms with Crippen LogP contribution in [0, 0.1) is 23.2 Å². The van der Waals surface area contributed by atoms with Gasteiger partial charge in [0, 0.05) is 19.0 Å². The molecule has 5 N–H and O–H groups in total. The molecule has 5 amide bonds. The number of likely N-dealkylation sites (tertiary alicyclic amines) is 1. The van der Waals surface area contributed by atoms with Gasteiger partial charge in [0.25, 0.3) is 0 Å². The minimum atomic E-state index is -5.14. The number of amides is 5. The number of rotatable bonds is 8. The quantitative estimate of drug-likeness (QED) is 0.348. The lowest BCUT2D eigenvalue weighted by molar-refractivity contribution is -0.174. The topological polar surface area (TPSA) is 151 Å². The van der Waals surface area contributed by atoms with E-state index >= 15 is 0 Å². The summed E-state index contributed by atoms with van der Waals surface area (Å²) in [7, 11) is 0. The molecule has 5 atom stereocenters. The van der Waals surface area contributed by atoms with Crippen LogP contribution in [0.1, 0.15) is 81.1 Å². The van der Waals surface area contributed by atoms with Crippen LogP contribution in [0.3, 0.4) is 0 Å². The Morgan fingerprint density at radius 3 is 2.02 bits per heavy atom. The van der Waals surface area contributed by atoms with Crippen molar-refractivity contribution in [3.8, 4) is 0 Å². The lowest BCUT2D eigenvalue weighted by Crippen LogP contribution is -2.55. The summed E-state index contributed by atoms with van der Waals surface area (Å²) >= 11 is 0. The summed E-state index contributed by atoms with van der Waals surface area (Å²) in [4.78, 5) is 61.4. The summed E-state index contributed by atoms with van der Waals surface area (Å²) in [6.07, 6.45) is -2.80. The molecule has 0 radical (unpaired) electrons. The standard InChI is InChI=1S/C19H28F3N5O5.C5H12.C3H8/c1-3-10-8-27(13(28)7-25-18(32)19(20,21)22)14(9(10)2)17(31)26-12(15(23)29)6-11-4-5-24-16(11)30;1-5(2,3)4;1-3-2/h9-12,14H,3-8H2,1-2H3,(H2,23,29)(H,24,30)(H,25,32)(H,26,31);1-4H3;3H2,1-2H3/t9-,10-,11-,12?,14-;;/m0../s1. The SMILES string of the molecule is CC(C)(C)C.CCC.CC[C@H]1CN(C(=O)CNC(=O)C(F)(F)F)[C@H](C(=O)NC(C[C@@H]2CCNC2=O)C(N)=O)[C@H]1C. The molecule has 2 fully saturated rings. The highest BCUT2D eigenvalue weighted by Crippen LogP contribution is 2.32. The molecule has 10 nitrogen and oxygen atoms in total. The lowest BCUT2D eigenvalue weighted by Gasteiger charge is -2.28. The number of nitrogens with one attached hydrogen (secondary N) is 3. The third kappa shape index (κ3) is 13.0. The van der Waals surface area contributed by atoms with Gasteiger partial charge in [0.2, 0.25) is 23.6 Å². The molecule has 0 spiro atoms. The minimum Gasteiger partial charge on any atom is -0.368 e. The number of nitrogens with zero attached hydrogens (tertiary/aromatic N) is 1. The molecule has 0 aromatic heterocycles. The smallest absolute Gasteiger partial charge is 0.368 e. The summed E-state index contributed by atoms with van der Waals surface area (Å²) in [5.74, 6) is -5.84. The zero-order chi connectivity index (χ0) is 31.4. The molecule has 0 saturated carbocycles. The molecule has 232 valence electrons. The molecule has 40 heavy (non-hydrogen) atoms. The van der Waals surface area contributed by atoms with Gasteiger partial charge < -0.3 is 26.6 Å². The Morgan fingerprint density at radius 1 is 1.10 bits per heavy atom. The maximum absolute atomic E-state index is 13.0. The molecule has 0 aliphatic carbocycles. The third-order valence-corrected chi connectivity index (χ3v) is 6.12. The highest BCUT2D eigenvalue weighted by atomic mass is 19.4. The van der Waals surface area contributed by atoms with Crippen LogP contribution >= 0.6 is 0 Å². The molecule has 1 unspecified atom stereocenters. The van der Waals surface area contributed by atoms with Gasteiger partial charge in [0.15, 0.2) is 0 Å². The highest BCUT2D eigenvalue weighted by Gasteiger charge is 2.46. The Bertz CT molecular complexity index is 870. The van der Waals surface area contributed by atoms with Crippen molar-refractivity contribution in [1.29, 1.82) is 0 Å². The zero-order valence-electron chi connectivity index (χ0n) is 25.0. The van der Waals surface area contributed by atoms with Crippen molar-refractivity contribution in [3.05, 3.63) is 0 Å². The summed E-state index contributed by atoms with van der Waals surface area (Å²) < 4.78 is 37.2. The molecule has 2 heterocycles. The molecule has 2 aliphatic rings. The monoisotopic (exact) mass is 579 g/mol. The third-order valence-electron chi connectivity index (χ3n) is 6.12. The van der Waals surface area contributed by atoms with Gasteiger partial charge in [-0.2, -0.15) is 13.2 Å². The fourth-order valence-electron chi connectivity index (χ4n) is 4.23. The number of alkyl halides is 3. The Kier molecular flexibility index (Phi) is 15.2. The number of hydrogen-bond acceptors (Lipinski definition) is 5. The largest absolute Gasteiger partial charge is 0.471 e. The van der Waals surface area contributed by atoms with Crippen LogP contribution in [-0.4, -0.2) is 72.3 Å². The maximum Gasteiger partial charge on any atom is 0.471 e. The van der Waals surface area contributed by atoms with Crippen molar-refractivity contribution in [1.82, 2.24) is 20.9 Å². The summed E-state index contributed by atoms with van der Waals surface area (Å²) in [6, 6.07) is -2.21. The normalized spacial score (nSPS) is 23.1. The van der Waals surface area contributed by atoms with Crippen molar-refractivity contribution in [3.63, 3.8) is 0 Å². The van der Waals surface area contributed by atoms with Crippen LogP contribution in [0.25, 0.3) is 0 Å². The number of carbonyl (C=O) groups excluding carboxylic acids is 5. The van der Waals surface area contributed by atoms with E-state index in [2.05, 4.69) is 52.2 Å². The summed E-state index contributed by atoms with van der Waals surface area (Å²) in [5, 5.41) is 6.64. The zero-order valence-corrected chi connectivity index (χ0v) is 25.0. The van der Waals surface area contributed by atoms with E-state index in [-0.39, 0.29) is 30.7 Å². The highest BCUT2D eigenvalue weighted by molar-refractivity contribution is 5.94. The predicted molar refractivity (Wildman–Crippen MR) is 145 cm³/mol. The van der Waals surface area contributed by atoms with E-state index in [0.717, 1.165) is 4.90 Å². The fraction of sp³-hybridized carbons (Fsp3) is 0.815. The maximum atomic E-state index is 13.0. The van der Waals surface area contributed by atoms with Gasteiger partial charge in [-0.25, -0.2) is 0 Å². The van der Waals surface area contributed by atoms with Crippen molar-refractivity contribution < 1.29 is 37.1 Å². The first-order chi connectivity index (χ1) is 18.3. The number of hydrogen-bond donors (Lipinski definition) is 4. The molecule has 13 heteroatoms. The first-order valence-corrected chi connectivity index (χ1v) is 13.8. The number of primary amides is 1. The molecular formula is C27H48F3N5O5. The number of halogens is 3. The van der Waals surface area contributed by atoms with Crippen molar-refractivity contribution in [2.24, 2.45) is 28.9 Å². The van der Waals surface area contributed by atoms with Gasteiger partial charge in [0.1, 0.15) is 12.1 Å². The van der Waals surface area contributed by atoms with E-state index in [1.54, 1.807) is 6.92 Å². The van der Waals surface area contributed by atoms with E-state index < -0.39 is 54.4 Å². The van der Waals surface area contributed by atoms with Crippen LogP contribution in [0.2, 0.25) is 0 Å². The molecular weight excluding hydrogens is 531 g/mol. The van der Waals surface area contributed by atoms with Crippen molar-refractivity contribution in [2.45, 2.75) is 99.3 Å². The molecule has 2 aliphatic heterocycles. The molecule has 2 rings (SSSR count). The first kappa shape index (κ1) is 37.1. The van der Waals surface area contributed by atoms with Crippen LogP contribution < -0.4 is 21.7 Å². The Morgan fingerprint density at radius 2 is 1.62 bits per heavy atom. The Balaban J connectivity index is 0.00000167. The number of nitrogens with two attached hydrogens (primary N) is 1. The van der Waals surface area contributed by atoms with Crippen LogP contribution in [0.4, 0.5) is 13.2 Å². The van der Waals surface area contributed by atoms with Gasteiger partial charge in [-0.3, -0.25) is 24.0 Å². The van der Waals surface area contributed by atoms with Gasteiger partial charge in [-0.1, -0.05) is 68.2 Å². The second kappa shape index (κ2) is 16.4. The van der Waals surface area contributed by atoms with Crippen molar-refractivity contribution >= 4 is 29.5 Å². The summed E-state index contributed by atoms with van der Waals surface area (Å²) in [5.41, 5.74) is 5.89. The van der Waals surface area contributed by atoms with Crippen molar-refractivity contribution in [2.75, 3.05) is 19.6 Å². The fourth-order valence-corrected chi connectivity index (χ4v) is 4.23. The second-order valence-corrected chi connectivity index (χ2v) is 11.9. The average Bonchev–Trinajstić information content (AvgIpc) is 3.37. The van der Waals surface area contributed by atoms with Crippen LogP contribution in [0.5, 0.6) is 0 Å². The molecule has 0 bridgehead atoms. The average molecular weight is 580 g/mol. The lowest BCUT2D eigenvalue weighted by atomic mass is 9.89. The van der Waals surface area contributed by atoms with Gasteiger partial charge in [-0.05, 0) is 30.1 Å². The minimum absolute atomic E-state index is 0.000794. The second-order valence-electron chi connectivity index (χ2n) is 11.9. The molecule has 0 aromatic rings. The van der Waals surface area contributed by atoms with E-state index in [1.165, 1.54) is 11.7 Å². The van der Waals surface area contributed by atoms with E-state index in [9.17, 15) is 37.1 Å². The van der Waals surface area contributed by atoms with Gasteiger partial charge in [-0.15, -0.1) is 0 Å². The predicted octanol–water partition coefficient (Wildman–Crippen LogP) is 2.50. The first-order valence-electron chi connectivity index (χ1n) is 13.8.